The Bertz CT molecular complexity index is 1490. The van der Waals surface area contributed by atoms with Crippen LogP contribution in [0, 0.1) is 31.1 Å². The number of aryl methyl sites for hydroxylation is 2. The van der Waals surface area contributed by atoms with Gasteiger partial charge in [-0.2, -0.15) is 0 Å². The number of allylic oxidation sites excluding steroid dienone is 3. The van der Waals surface area contributed by atoms with Crippen molar-refractivity contribution in [3.05, 3.63) is 118 Å². The third kappa shape index (κ3) is 6.22. The van der Waals surface area contributed by atoms with E-state index in [0.717, 1.165) is 66.2 Å². The van der Waals surface area contributed by atoms with Crippen LogP contribution in [0.3, 0.4) is 0 Å². The van der Waals surface area contributed by atoms with Crippen molar-refractivity contribution in [2.24, 2.45) is 11.8 Å². The number of hydrogen-bond acceptors (Lipinski definition) is 3. The van der Waals surface area contributed by atoms with Crippen LogP contribution in [0.1, 0.15) is 77.7 Å². The van der Waals surface area contributed by atoms with Crippen molar-refractivity contribution in [3.63, 3.8) is 0 Å². The van der Waals surface area contributed by atoms with Crippen LogP contribution < -0.4 is 4.90 Å². The molecule has 2 aliphatic rings. The van der Waals surface area contributed by atoms with Gasteiger partial charge in [-0.25, -0.2) is 0 Å². The summed E-state index contributed by atoms with van der Waals surface area (Å²) in [6.45, 7) is 15.4. The minimum absolute atomic E-state index is 0.0712. The Hall–Kier alpha value is -3.92. The van der Waals surface area contributed by atoms with Gasteiger partial charge in [0.15, 0.2) is 0 Å². The van der Waals surface area contributed by atoms with Gasteiger partial charge in [0.1, 0.15) is 0 Å². The third-order valence-corrected chi connectivity index (χ3v) is 8.95. The van der Waals surface area contributed by atoms with Gasteiger partial charge in [0, 0.05) is 53.6 Å². The third-order valence-electron chi connectivity index (χ3n) is 8.95. The number of anilines is 1. The minimum atomic E-state index is 0.0712. The monoisotopic (exact) mass is 545 g/mol. The maximum atomic E-state index is 13.7. The lowest BCUT2D eigenvalue weighted by Gasteiger charge is -2.38. The first-order valence-electron chi connectivity index (χ1n) is 15.0. The van der Waals surface area contributed by atoms with Gasteiger partial charge in [-0.1, -0.05) is 61.2 Å². The first-order chi connectivity index (χ1) is 19.8. The van der Waals surface area contributed by atoms with E-state index in [-0.39, 0.29) is 5.91 Å². The van der Waals surface area contributed by atoms with E-state index in [1.54, 1.807) is 0 Å². The second-order valence-corrected chi connectivity index (χ2v) is 11.8. The van der Waals surface area contributed by atoms with Crippen molar-refractivity contribution in [2.45, 2.75) is 53.4 Å². The number of nitrogens with zero attached hydrogens (tertiary/aromatic N) is 2. The van der Waals surface area contributed by atoms with Gasteiger partial charge < -0.3 is 9.80 Å². The number of piperidine rings is 1. The van der Waals surface area contributed by atoms with E-state index >= 15 is 0 Å². The van der Waals surface area contributed by atoms with E-state index in [2.05, 4.69) is 55.7 Å². The molecule has 0 aromatic heterocycles. The molecule has 0 atom stereocenters. The van der Waals surface area contributed by atoms with Crippen LogP contribution in [0.2, 0.25) is 0 Å². The molecule has 1 saturated carbocycles. The number of hydrogen-bond donors (Lipinski definition) is 1. The Morgan fingerprint density at radius 3 is 2.22 bits per heavy atom. The number of likely N-dealkylation sites (tertiary alicyclic amines) is 1. The van der Waals surface area contributed by atoms with Crippen LogP contribution >= 0.6 is 0 Å². The van der Waals surface area contributed by atoms with Gasteiger partial charge in [0.05, 0.1) is 5.71 Å². The number of carbonyl (C=O) groups excluding carboxylic acids is 1. The first-order valence-corrected chi connectivity index (χ1v) is 15.0. The molecule has 212 valence electrons. The lowest BCUT2D eigenvalue weighted by molar-refractivity contribution is 0.0701. The van der Waals surface area contributed by atoms with Crippen LogP contribution in [0.25, 0.3) is 5.57 Å². The topological polar surface area (TPSA) is 47.4 Å². The highest BCUT2D eigenvalue weighted by Gasteiger charge is 2.31. The average Bonchev–Trinajstić information content (AvgIpc) is 3.83. The fraction of sp³-hybridized carbons (Fsp3) is 0.351. The molecule has 4 heteroatoms. The zero-order valence-corrected chi connectivity index (χ0v) is 25.0. The smallest absolute Gasteiger partial charge is 0.253 e. The van der Waals surface area contributed by atoms with Crippen molar-refractivity contribution in [1.82, 2.24) is 4.90 Å². The second-order valence-electron chi connectivity index (χ2n) is 11.8. The standard InChI is InChI=1S/C37H43N3O/c1-6-25(2)34-23-31(17-18-33(34)36(38)32-13-9-7-11-26(32)3)37(41)39-21-19-30(20-22-39)28(5)40(24-29-15-16-29)35-14-10-8-12-27(35)4/h6-14,17-18,23,29-30,38H,5,15-16,19-22,24H2,1-4H3/b25-6+,38-36?. The molecule has 0 bridgehead atoms. The maximum Gasteiger partial charge on any atom is 0.253 e. The number of amides is 1. The molecule has 0 unspecified atom stereocenters. The largest absolute Gasteiger partial charge is 0.345 e. The molecule has 5 rings (SSSR count). The van der Waals surface area contributed by atoms with Crippen LogP contribution in [-0.4, -0.2) is 36.2 Å². The summed E-state index contributed by atoms with van der Waals surface area (Å²) in [5.41, 5.74) is 9.79. The maximum absolute atomic E-state index is 13.7. The lowest BCUT2D eigenvalue weighted by Crippen LogP contribution is -2.41. The number of nitrogens with one attached hydrogen (secondary N) is 1. The van der Waals surface area contributed by atoms with Gasteiger partial charge in [-0.05, 0) is 99.8 Å². The second kappa shape index (κ2) is 12.3. The van der Waals surface area contributed by atoms with Crippen molar-refractivity contribution in [3.8, 4) is 0 Å². The van der Waals surface area contributed by atoms with E-state index in [0.29, 0.717) is 17.2 Å². The summed E-state index contributed by atoms with van der Waals surface area (Å²) in [6.07, 6.45) is 6.51. The van der Waals surface area contributed by atoms with Crippen LogP contribution in [0.5, 0.6) is 0 Å². The zero-order valence-electron chi connectivity index (χ0n) is 25.0. The van der Waals surface area contributed by atoms with E-state index in [1.807, 2.05) is 61.2 Å². The molecule has 0 spiro atoms. The zero-order chi connectivity index (χ0) is 29.1. The summed E-state index contributed by atoms with van der Waals surface area (Å²) >= 11 is 0. The lowest BCUT2D eigenvalue weighted by atomic mass is 9.89. The molecule has 1 N–H and O–H groups in total. The highest BCUT2D eigenvalue weighted by Crippen LogP contribution is 2.37. The molecule has 3 aromatic rings. The van der Waals surface area contributed by atoms with Crippen molar-refractivity contribution >= 4 is 22.9 Å². The fourth-order valence-corrected chi connectivity index (χ4v) is 5.99. The van der Waals surface area contributed by atoms with Gasteiger partial charge >= 0.3 is 0 Å². The molecule has 1 heterocycles. The Balaban J connectivity index is 1.31. The Morgan fingerprint density at radius 1 is 0.927 bits per heavy atom. The van der Waals surface area contributed by atoms with Gasteiger partial charge in [0.2, 0.25) is 0 Å². The number of carbonyl (C=O) groups is 1. The summed E-state index contributed by atoms with van der Waals surface area (Å²) < 4.78 is 0. The van der Waals surface area contributed by atoms with Crippen molar-refractivity contribution in [1.29, 1.82) is 5.41 Å². The van der Waals surface area contributed by atoms with E-state index in [4.69, 9.17) is 5.41 Å². The Morgan fingerprint density at radius 2 is 1.59 bits per heavy atom. The summed E-state index contributed by atoms with van der Waals surface area (Å²) in [4.78, 5) is 18.2. The van der Waals surface area contributed by atoms with E-state index in [9.17, 15) is 4.79 Å². The molecule has 1 aliphatic heterocycles. The fourth-order valence-electron chi connectivity index (χ4n) is 5.99. The highest BCUT2D eigenvalue weighted by molar-refractivity contribution is 6.14. The van der Waals surface area contributed by atoms with Crippen molar-refractivity contribution in [2.75, 3.05) is 24.5 Å². The van der Waals surface area contributed by atoms with Gasteiger partial charge in [0.25, 0.3) is 5.91 Å². The molecular formula is C37H43N3O. The molecule has 41 heavy (non-hydrogen) atoms. The highest BCUT2D eigenvalue weighted by atomic mass is 16.2. The van der Waals surface area contributed by atoms with Gasteiger partial charge in [-0.15, -0.1) is 0 Å². The molecule has 1 aliphatic carbocycles. The predicted molar refractivity (Wildman–Crippen MR) is 172 cm³/mol. The molecule has 1 saturated heterocycles. The molecule has 1 amide bonds. The summed E-state index contributed by atoms with van der Waals surface area (Å²) in [6, 6.07) is 22.5. The Labute approximate surface area is 245 Å². The van der Waals surface area contributed by atoms with E-state index in [1.165, 1.54) is 29.8 Å². The molecular weight excluding hydrogens is 502 g/mol. The predicted octanol–water partition coefficient (Wildman–Crippen LogP) is 8.43. The number of para-hydroxylation sites is 1. The molecule has 4 nitrogen and oxygen atoms in total. The number of benzene rings is 3. The Kier molecular flexibility index (Phi) is 8.58. The van der Waals surface area contributed by atoms with Gasteiger partial charge in [-0.3, -0.25) is 10.2 Å². The number of rotatable bonds is 9. The minimum Gasteiger partial charge on any atom is -0.345 e. The summed E-state index contributed by atoms with van der Waals surface area (Å²) in [7, 11) is 0. The molecule has 0 radical (unpaired) electrons. The summed E-state index contributed by atoms with van der Waals surface area (Å²) in [5.74, 6) is 1.20. The first kappa shape index (κ1) is 28.6. The normalized spacial score (nSPS) is 16.0. The summed E-state index contributed by atoms with van der Waals surface area (Å²) in [5, 5.41) is 8.98. The molecule has 3 aromatic carbocycles. The van der Waals surface area contributed by atoms with Crippen LogP contribution in [0.4, 0.5) is 5.69 Å². The SMILES string of the molecule is C=C(C1CCN(C(=O)c2ccc(C(=N)c3ccccc3C)c(/C(C)=C/C)c2)CC1)N(CC1CC1)c1ccccc1C. The average molecular weight is 546 g/mol. The quantitative estimate of drug-likeness (QED) is 0.274. The van der Waals surface area contributed by atoms with Crippen LogP contribution in [0.15, 0.2) is 85.1 Å². The van der Waals surface area contributed by atoms with Crippen LogP contribution in [-0.2, 0) is 0 Å². The van der Waals surface area contributed by atoms with E-state index < -0.39 is 0 Å². The molecule has 2 fully saturated rings. The van der Waals surface area contributed by atoms with Crippen molar-refractivity contribution < 1.29 is 4.79 Å².